The second-order valence-electron chi connectivity index (χ2n) is 7.97. The fraction of sp³-hybridized carbons (Fsp3) is 0.348. The van der Waals surface area contributed by atoms with Gasteiger partial charge in [-0.15, -0.1) is 10.2 Å². The number of aromatic nitrogens is 3. The first-order valence-corrected chi connectivity index (χ1v) is 14.4. The van der Waals surface area contributed by atoms with Crippen molar-refractivity contribution in [3.63, 3.8) is 0 Å². The maximum atomic E-state index is 12.9. The lowest BCUT2D eigenvalue weighted by atomic mass is 10.2. The molecule has 0 bridgehead atoms. The first kappa shape index (κ1) is 26.0. The van der Waals surface area contributed by atoms with Crippen molar-refractivity contribution in [2.75, 3.05) is 24.2 Å². The number of benzene rings is 2. The summed E-state index contributed by atoms with van der Waals surface area (Å²) in [6.45, 7) is 3.66. The van der Waals surface area contributed by atoms with E-state index in [1.165, 1.54) is 11.8 Å². The van der Waals surface area contributed by atoms with Gasteiger partial charge in [-0.05, 0) is 56.2 Å². The predicted octanol–water partition coefficient (Wildman–Crippen LogP) is 5.18. The number of rotatable bonds is 8. The highest BCUT2D eigenvalue weighted by Crippen LogP contribution is 2.31. The minimum Gasteiger partial charge on any atom is -0.323 e. The SMILES string of the molecule is CCn1c(SCC(=O)Nc2c(Cl)cccc2Cl)nnc1-c1ccc(S(=O)(=O)N2CCCCC2)cc1. The van der Waals surface area contributed by atoms with Crippen molar-refractivity contribution in [2.24, 2.45) is 0 Å². The van der Waals surface area contributed by atoms with Crippen molar-refractivity contribution in [1.29, 1.82) is 0 Å². The van der Waals surface area contributed by atoms with Crippen LogP contribution in [-0.4, -0.2) is 52.2 Å². The zero-order valence-corrected chi connectivity index (χ0v) is 22.2. The van der Waals surface area contributed by atoms with E-state index in [9.17, 15) is 13.2 Å². The Morgan fingerprint density at radius 3 is 2.31 bits per heavy atom. The highest BCUT2D eigenvalue weighted by atomic mass is 35.5. The van der Waals surface area contributed by atoms with Gasteiger partial charge >= 0.3 is 0 Å². The molecule has 0 saturated carbocycles. The molecule has 1 aliphatic heterocycles. The molecule has 1 aromatic heterocycles. The van der Waals surface area contributed by atoms with E-state index in [0.29, 0.717) is 46.3 Å². The number of thioether (sulfide) groups is 1. The summed E-state index contributed by atoms with van der Waals surface area (Å²) in [5.74, 6) is 0.420. The number of hydrogen-bond donors (Lipinski definition) is 1. The average Bonchev–Trinajstić information content (AvgIpc) is 3.28. The molecule has 186 valence electrons. The highest BCUT2D eigenvalue weighted by Gasteiger charge is 2.26. The standard InChI is InChI=1S/C23H25Cl2N5O3S2/c1-2-30-22(16-9-11-17(12-10-16)35(32,33)29-13-4-3-5-14-29)27-28-23(30)34-15-20(31)26-21-18(24)7-6-8-19(21)25/h6-12H,2-5,13-15H2,1H3,(H,26,31). The van der Waals surface area contributed by atoms with E-state index in [0.717, 1.165) is 24.8 Å². The number of piperidine rings is 1. The summed E-state index contributed by atoms with van der Waals surface area (Å²) in [4.78, 5) is 12.7. The van der Waals surface area contributed by atoms with Crippen LogP contribution in [0, 0.1) is 0 Å². The summed E-state index contributed by atoms with van der Waals surface area (Å²) >= 11 is 13.5. The maximum Gasteiger partial charge on any atom is 0.243 e. The first-order valence-electron chi connectivity index (χ1n) is 11.2. The van der Waals surface area contributed by atoms with E-state index in [4.69, 9.17) is 23.2 Å². The molecule has 0 spiro atoms. The van der Waals surface area contributed by atoms with Crippen molar-refractivity contribution in [3.05, 3.63) is 52.5 Å². The number of halogens is 2. The molecule has 1 fully saturated rings. The molecule has 0 radical (unpaired) electrons. The summed E-state index contributed by atoms with van der Waals surface area (Å²) in [5.41, 5.74) is 1.12. The maximum absolute atomic E-state index is 12.9. The van der Waals surface area contributed by atoms with Crippen molar-refractivity contribution in [2.45, 2.75) is 42.8 Å². The van der Waals surface area contributed by atoms with Crippen LogP contribution in [0.15, 0.2) is 52.5 Å². The van der Waals surface area contributed by atoms with Crippen LogP contribution in [0.5, 0.6) is 0 Å². The molecular formula is C23H25Cl2N5O3S2. The van der Waals surface area contributed by atoms with Crippen LogP contribution in [0.4, 0.5) is 5.69 Å². The summed E-state index contributed by atoms with van der Waals surface area (Å²) < 4.78 is 29.3. The normalized spacial score (nSPS) is 14.7. The molecule has 8 nitrogen and oxygen atoms in total. The number of carbonyl (C=O) groups is 1. The molecule has 35 heavy (non-hydrogen) atoms. The Morgan fingerprint density at radius 2 is 1.69 bits per heavy atom. The largest absolute Gasteiger partial charge is 0.323 e. The van der Waals surface area contributed by atoms with E-state index in [1.54, 1.807) is 46.8 Å². The molecule has 12 heteroatoms. The highest BCUT2D eigenvalue weighted by molar-refractivity contribution is 7.99. The van der Waals surface area contributed by atoms with Crippen molar-refractivity contribution >= 4 is 56.6 Å². The van der Waals surface area contributed by atoms with E-state index in [2.05, 4.69) is 15.5 Å². The van der Waals surface area contributed by atoms with E-state index in [-0.39, 0.29) is 16.6 Å². The van der Waals surface area contributed by atoms with Crippen LogP contribution in [0.25, 0.3) is 11.4 Å². The zero-order chi connectivity index (χ0) is 25.0. The smallest absolute Gasteiger partial charge is 0.243 e. The quantitative estimate of drug-likeness (QED) is 0.386. The molecule has 1 saturated heterocycles. The minimum atomic E-state index is -3.50. The summed E-state index contributed by atoms with van der Waals surface area (Å²) in [7, 11) is -3.50. The molecule has 2 heterocycles. The Balaban J connectivity index is 1.46. The molecule has 1 amide bonds. The van der Waals surface area contributed by atoms with Gasteiger partial charge in [0.25, 0.3) is 0 Å². The van der Waals surface area contributed by atoms with Gasteiger partial charge in [-0.25, -0.2) is 8.42 Å². The number of nitrogens with one attached hydrogen (secondary N) is 1. The molecule has 0 atom stereocenters. The molecule has 1 aliphatic rings. The van der Waals surface area contributed by atoms with Gasteiger partial charge < -0.3 is 9.88 Å². The molecule has 4 rings (SSSR count). The third-order valence-electron chi connectivity index (χ3n) is 5.66. The first-order chi connectivity index (χ1) is 16.8. The van der Waals surface area contributed by atoms with E-state index < -0.39 is 10.0 Å². The molecule has 2 aromatic carbocycles. The van der Waals surface area contributed by atoms with Gasteiger partial charge in [0.2, 0.25) is 15.9 Å². The van der Waals surface area contributed by atoms with Crippen LogP contribution < -0.4 is 5.32 Å². The Morgan fingerprint density at radius 1 is 1.03 bits per heavy atom. The monoisotopic (exact) mass is 553 g/mol. The Bertz CT molecular complexity index is 1290. The van der Waals surface area contributed by atoms with Gasteiger partial charge in [0.1, 0.15) is 0 Å². The van der Waals surface area contributed by atoms with Gasteiger partial charge in [-0.1, -0.05) is 47.5 Å². The van der Waals surface area contributed by atoms with E-state index >= 15 is 0 Å². The zero-order valence-electron chi connectivity index (χ0n) is 19.1. The molecule has 0 unspecified atom stereocenters. The number of hydrogen-bond acceptors (Lipinski definition) is 6. The van der Waals surface area contributed by atoms with Gasteiger partial charge in [0.05, 0.1) is 26.4 Å². The summed E-state index contributed by atoms with van der Waals surface area (Å²) in [6, 6.07) is 11.7. The number of carbonyl (C=O) groups excluding carboxylic acids is 1. The van der Waals surface area contributed by atoms with E-state index in [1.807, 2.05) is 11.5 Å². The number of anilines is 1. The van der Waals surface area contributed by atoms with Crippen molar-refractivity contribution in [3.8, 4) is 11.4 Å². The van der Waals surface area contributed by atoms with Gasteiger partial charge in [-0.3, -0.25) is 4.79 Å². The third-order valence-corrected chi connectivity index (χ3v) is 9.17. The lowest BCUT2D eigenvalue weighted by Crippen LogP contribution is -2.35. The predicted molar refractivity (Wildman–Crippen MR) is 140 cm³/mol. The summed E-state index contributed by atoms with van der Waals surface area (Å²) in [5, 5.41) is 12.6. The van der Waals surface area contributed by atoms with Gasteiger partial charge in [0, 0.05) is 25.2 Å². The van der Waals surface area contributed by atoms with Crippen LogP contribution >= 0.6 is 35.0 Å². The van der Waals surface area contributed by atoms with Crippen molar-refractivity contribution < 1.29 is 13.2 Å². The fourth-order valence-corrected chi connectivity index (χ4v) is 6.66. The molecular weight excluding hydrogens is 529 g/mol. The topological polar surface area (TPSA) is 97.2 Å². The second-order valence-corrected chi connectivity index (χ2v) is 11.7. The number of nitrogens with zero attached hydrogens (tertiary/aromatic N) is 4. The number of para-hydroxylation sites is 1. The lowest BCUT2D eigenvalue weighted by Gasteiger charge is -2.25. The third kappa shape index (κ3) is 5.83. The lowest BCUT2D eigenvalue weighted by molar-refractivity contribution is -0.113. The van der Waals surface area contributed by atoms with Crippen LogP contribution in [0.3, 0.4) is 0 Å². The molecule has 0 aliphatic carbocycles. The van der Waals surface area contributed by atoms with Gasteiger partial charge in [0.15, 0.2) is 11.0 Å². The second kappa shape index (κ2) is 11.3. The Kier molecular flexibility index (Phi) is 8.38. The summed E-state index contributed by atoms with van der Waals surface area (Å²) in [6.07, 6.45) is 2.84. The minimum absolute atomic E-state index is 0.0900. The van der Waals surface area contributed by atoms with Crippen LogP contribution in [0.2, 0.25) is 10.0 Å². The molecule has 3 aromatic rings. The van der Waals surface area contributed by atoms with Crippen LogP contribution in [-0.2, 0) is 21.4 Å². The van der Waals surface area contributed by atoms with Gasteiger partial charge in [-0.2, -0.15) is 4.31 Å². The Hall–Kier alpha value is -2.11. The Labute approximate surface area is 219 Å². The fourth-order valence-electron chi connectivity index (χ4n) is 3.85. The number of amides is 1. The average molecular weight is 555 g/mol. The van der Waals surface area contributed by atoms with Crippen molar-refractivity contribution in [1.82, 2.24) is 19.1 Å². The molecule has 1 N–H and O–H groups in total. The van der Waals surface area contributed by atoms with Crippen LogP contribution in [0.1, 0.15) is 26.2 Å². The number of sulfonamides is 1.